The molecule has 1 N–H and O–H groups in total. The van der Waals surface area contributed by atoms with Crippen LogP contribution in [0.5, 0.6) is 5.75 Å². The average molecular weight is 372 g/mol. The highest BCUT2D eigenvalue weighted by Gasteiger charge is 2.21. The number of aliphatic carboxylic acids is 1. The summed E-state index contributed by atoms with van der Waals surface area (Å²) in [5, 5.41) is 10.3. The van der Waals surface area contributed by atoms with E-state index in [-0.39, 0.29) is 12.5 Å². The van der Waals surface area contributed by atoms with Gasteiger partial charge in [-0.2, -0.15) is 0 Å². The Balaban J connectivity index is 1.74. The number of rotatable bonds is 7. The van der Waals surface area contributed by atoms with Crippen molar-refractivity contribution in [2.45, 2.75) is 62.3 Å². The highest BCUT2D eigenvalue weighted by Crippen LogP contribution is 2.36. The first-order chi connectivity index (χ1) is 12.5. The number of nitrogens with zero attached hydrogens (tertiary/aromatic N) is 1. The fraction of sp³-hybridized carbons (Fsp3) is 0.429. The molecular formula is C21H25NO3S. The van der Waals surface area contributed by atoms with Gasteiger partial charge in [0.25, 0.3) is 0 Å². The van der Waals surface area contributed by atoms with Crippen molar-refractivity contribution >= 4 is 17.7 Å². The number of benzene rings is 1. The Hall–Kier alpha value is -2.01. The molecular weight excluding hydrogens is 346 g/mol. The predicted octanol–water partition coefficient (Wildman–Crippen LogP) is 5.20. The number of carbonyl (C=O) groups is 1. The molecule has 0 spiro atoms. The molecule has 0 fully saturated rings. The molecule has 0 saturated carbocycles. The third kappa shape index (κ3) is 4.79. The number of aromatic nitrogens is 1. The molecule has 26 heavy (non-hydrogen) atoms. The minimum absolute atomic E-state index is 0.123. The van der Waals surface area contributed by atoms with Crippen molar-refractivity contribution in [2.24, 2.45) is 0 Å². The van der Waals surface area contributed by atoms with Gasteiger partial charge in [-0.3, -0.25) is 4.79 Å². The smallest absolute Gasteiger partial charge is 0.303 e. The number of fused-ring (bicyclic) bond motifs is 1. The average Bonchev–Trinajstić information content (AvgIpc) is 2.61. The molecule has 1 aromatic heterocycles. The van der Waals surface area contributed by atoms with E-state index in [1.54, 1.807) is 11.8 Å². The van der Waals surface area contributed by atoms with Crippen molar-refractivity contribution in [3.63, 3.8) is 0 Å². The first kappa shape index (κ1) is 18.8. The van der Waals surface area contributed by atoms with Crippen molar-refractivity contribution < 1.29 is 14.6 Å². The highest BCUT2D eigenvalue weighted by atomic mass is 32.2. The number of pyridine rings is 1. The molecule has 138 valence electrons. The van der Waals surface area contributed by atoms with E-state index in [1.807, 2.05) is 18.3 Å². The molecule has 5 heteroatoms. The fourth-order valence-corrected chi connectivity index (χ4v) is 4.11. The van der Waals surface area contributed by atoms with E-state index in [0.717, 1.165) is 35.6 Å². The summed E-state index contributed by atoms with van der Waals surface area (Å²) in [5.41, 5.74) is 3.56. The number of hydrogen-bond donors (Lipinski definition) is 1. The second-order valence-electron chi connectivity index (χ2n) is 6.91. The van der Waals surface area contributed by atoms with Gasteiger partial charge in [-0.05, 0) is 55.0 Å². The van der Waals surface area contributed by atoms with Crippen molar-refractivity contribution in [1.82, 2.24) is 4.98 Å². The van der Waals surface area contributed by atoms with Crippen LogP contribution < -0.4 is 4.74 Å². The van der Waals surface area contributed by atoms with Crippen LogP contribution in [0.3, 0.4) is 0 Å². The lowest BCUT2D eigenvalue weighted by Crippen LogP contribution is -2.22. The molecule has 0 aliphatic carbocycles. The van der Waals surface area contributed by atoms with Crippen LogP contribution in [0.15, 0.2) is 41.6 Å². The van der Waals surface area contributed by atoms with E-state index >= 15 is 0 Å². The van der Waals surface area contributed by atoms with Gasteiger partial charge in [-0.1, -0.05) is 26.0 Å². The zero-order valence-corrected chi connectivity index (χ0v) is 16.1. The third-order valence-corrected chi connectivity index (χ3v) is 5.46. The number of thioether (sulfide) groups is 1. The standard InChI is InChI=1S/C21H25NO3S/c1-14(2)26-21-18(6-4-12-22-21)15-9-11-19-16(13-15)8-10-17(25-19)5-3-7-20(23)24/h4,6,9,11-14,17H,3,5,7-8,10H2,1-2H3,(H,23,24). The van der Waals surface area contributed by atoms with Crippen LogP contribution in [0, 0.1) is 0 Å². The number of aryl methyl sites for hydroxylation is 1. The Morgan fingerprint density at radius 2 is 2.23 bits per heavy atom. The summed E-state index contributed by atoms with van der Waals surface area (Å²) in [5.74, 6) is 0.194. The van der Waals surface area contributed by atoms with Crippen LogP contribution >= 0.6 is 11.8 Å². The van der Waals surface area contributed by atoms with Crippen LogP contribution in [0.2, 0.25) is 0 Å². The van der Waals surface area contributed by atoms with Crippen LogP contribution in [0.1, 0.15) is 45.1 Å². The molecule has 3 rings (SSSR count). The zero-order valence-electron chi connectivity index (χ0n) is 15.3. The first-order valence-corrected chi connectivity index (χ1v) is 10.0. The van der Waals surface area contributed by atoms with Gasteiger partial charge in [-0.15, -0.1) is 11.8 Å². The SMILES string of the molecule is CC(C)Sc1ncccc1-c1ccc2c(c1)CCC(CCCC(=O)O)O2. The van der Waals surface area contributed by atoms with Crippen LogP contribution in [0.4, 0.5) is 0 Å². The van der Waals surface area contributed by atoms with E-state index < -0.39 is 5.97 Å². The maximum Gasteiger partial charge on any atom is 0.303 e. The second kappa shape index (κ2) is 8.58. The topological polar surface area (TPSA) is 59.4 Å². The summed E-state index contributed by atoms with van der Waals surface area (Å²) < 4.78 is 6.09. The summed E-state index contributed by atoms with van der Waals surface area (Å²) in [6.45, 7) is 4.35. The maximum atomic E-state index is 10.7. The Labute approximate surface area is 159 Å². The Morgan fingerprint density at radius 3 is 3.00 bits per heavy atom. The van der Waals surface area contributed by atoms with Crippen molar-refractivity contribution in [3.8, 4) is 16.9 Å². The molecule has 1 aliphatic heterocycles. The van der Waals surface area contributed by atoms with E-state index in [0.29, 0.717) is 11.7 Å². The van der Waals surface area contributed by atoms with Crippen molar-refractivity contribution in [2.75, 3.05) is 0 Å². The van der Waals surface area contributed by atoms with Gasteiger partial charge in [0.2, 0.25) is 0 Å². The summed E-state index contributed by atoms with van der Waals surface area (Å²) in [4.78, 5) is 15.2. The van der Waals surface area contributed by atoms with E-state index in [9.17, 15) is 4.79 Å². The van der Waals surface area contributed by atoms with E-state index in [4.69, 9.17) is 9.84 Å². The van der Waals surface area contributed by atoms with Gasteiger partial charge < -0.3 is 9.84 Å². The second-order valence-corrected chi connectivity index (χ2v) is 8.47. The lowest BCUT2D eigenvalue weighted by atomic mass is 9.96. The molecule has 1 atom stereocenters. The summed E-state index contributed by atoms with van der Waals surface area (Å²) in [7, 11) is 0. The highest BCUT2D eigenvalue weighted by molar-refractivity contribution is 7.99. The van der Waals surface area contributed by atoms with Gasteiger partial charge in [0.1, 0.15) is 10.8 Å². The Bertz CT molecular complexity index is 776. The molecule has 0 radical (unpaired) electrons. The van der Waals surface area contributed by atoms with Gasteiger partial charge >= 0.3 is 5.97 Å². The number of carboxylic acid groups (broad SMARTS) is 1. The molecule has 1 aliphatic rings. The van der Waals surface area contributed by atoms with Gasteiger partial charge in [-0.25, -0.2) is 4.98 Å². The predicted molar refractivity (Wildman–Crippen MR) is 105 cm³/mol. The molecule has 2 aromatic rings. The summed E-state index contributed by atoms with van der Waals surface area (Å²) in [6, 6.07) is 10.5. The van der Waals surface area contributed by atoms with Crippen molar-refractivity contribution in [3.05, 3.63) is 42.1 Å². The lowest BCUT2D eigenvalue weighted by molar-refractivity contribution is -0.137. The van der Waals surface area contributed by atoms with Gasteiger partial charge in [0.15, 0.2) is 0 Å². The minimum Gasteiger partial charge on any atom is -0.490 e. The quantitative estimate of drug-likeness (QED) is 0.678. The number of carboxylic acids is 1. The Kier molecular flexibility index (Phi) is 6.20. The van der Waals surface area contributed by atoms with E-state index in [2.05, 4.69) is 37.0 Å². The monoisotopic (exact) mass is 371 g/mol. The minimum atomic E-state index is -0.739. The molecule has 1 aromatic carbocycles. The van der Waals surface area contributed by atoms with Crippen molar-refractivity contribution in [1.29, 1.82) is 0 Å². The normalized spacial score (nSPS) is 16.2. The summed E-state index contributed by atoms with van der Waals surface area (Å²) in [6.07, 6.45) is 5.55. The fourth-order valence-electron chi connectivity index (χ4n) is 3.22. The maximum absolute atomic E-state index is 10.7. The molecule has 4 nitrogen and oxygen atoms in total. The van der Waals surface area contributed by atoms with Gasteiger partial charge in [0, 0.05) is 23.4 Å². The lowest BCUT2D eigenvalue weighted by Gasteiger charge is -2.26. The summed E-state index contributed by atoms with van der Waals surface area (Å²) >= 11 is 1.78. The zero-order chi connectivity index (χ0) is 18.5. The number of hydrogen-bond acceptors (Lipinski definition) is 4. The molecule has 0 bridgehead atoms. The molecule has 0 amide bonds. The molecule has 1 unspecified atom stereocenters. The Morgan fingerprint density at radius 1 is 1.38 bits per heavy atom. The van der Waals surface area contributed by atoms with Crippen LogP contribution in [-0.4, -0.2) is 27.4 Å². The number of ether oxygens (including phenoxy) is 1. The molecule has 0 saturated heterocycles. The third-order valence-electron chi connectivity index (χ3n) is 4.44. The van der Waals surface area contributed by atoms with Gasteiger partial charge in [0.05, 0.1) is 6.10 Å². The molecule has 2 heterocycles. The van der Waals surface area contributed by atoms with Crippen LogP contribution in [0.25, 0.3) is 11.1 Å². The van der Waals surface area contributed by atoms with E-state index in [1.165, 1.54) is 11.1 Å². The van der Waals surface area contributed by atoms with Crippen LogP contribution in [-0.2, 0) is 11.2 Å². The first-order valence-electron chi connectivity index (χ1n) is 9.16. The largest absolute Gasteiger partial charge is 0.490 e.